The minimum absolute atomic E-state index is 0.599. The van der Waals surface area contributed by atoms with Crippen molar-refractivity contribution >= 4 is 40.2 Å². The minimum atomic E-state index is -1.47. The van der Waals surface area contributed by atoms with Crippen LogP contribution >= 0.6 is 23.2 Å². The first kappa shape index (κ1) is 26.1. The summed E-state index contributed by atoms with van der Waals surface area (Å²) in [6, 6.07) is 23.0. The summed E-state index contributed by atoms with van der Waals surface area (Å²) in [5, 5.41) is 14.6. The predicted octanol–water partition coefficient (Wildman–Crippen LogP) is 6.80. The van der Waals surface area contributed by atoms with Gasteiger partial charge in [0, 0.05) is 29.0 Å². The molecule has 5 aromatic rings. The number of benzene rings is 3. The number of aromatic nitrogens is 3. The molecular formula is C31H28Cl2N4O. The zero-order chi connectivity index (χ0) is 26.9. The Labute approximate surface area is 232 Å². The van der Waals surface area contributed by atoms with Crippen molar-refractivity contribution in [3.63, 3.8) is 0 Å². The fourth-order valence-corrected chi connectivity index (χ4v) is 5.01. The van der Waals surface area contributed by atoms with Gasteiger partial charge in [-0.2, -0.15) is 0 Å². The lowest BCUT2D eigenvalue weighted by atomic mass is 9.82. The molecule has 38 heavy (non-hydrogen) atoms. The number of nitrogens with zero attached hydrogens (tertiary/aromatic N) is 4. The Morgan fingerprint density at radius 2 is 1.71 bits per heavy atom. The van der Waals surface area contributed by atoms with E-state index in [1.165, 1.54) is 0 Å². The molecule has 0 bridgehead atoms. The zero-order valence-corrected chi connectivity index (χ0v) is 22.9. The lowest BCUT2D eigenvalue weighted by molar-refractivity contribution is 0.117. The summed E-state index contributed by atoms with van der Waals surface area (Å²) in [5.41, 5.74) is 4.16. The van der Waals surface area contributed by atoms with Crippen LogP contribution in [-0.4, -0.2) is 45.2 Å². The van der Waals surface area contributed by atoms with E-state index in [-0.39, 0.29) is 0 Å². The number of aliphatic hydroxyl groups is 1. The number of pyridine rings is 1. The van der Waals surface area contributed by atoms with Crippen molar-refractivity contribution in [2.45, 2.75) is 5.60 Å². The molecule has 0 fully saturated rings. The Kier molecular flexibility index (Phi) is 7.37. The topological polar surface area (TPSA) is 54.2 Å². The highest BCUT2D eigenvalue weighted by atomic mass is 35.5. The predicted molar refractivity (Wildman–Crippen MR) is 157 cm³/mol. The van der Waals surface area contributed by atoms with Crippen LogP contribution in [0.15, 0.2) is 91.4 Å². The standard InChI is InChI=1S/C31H28Cl2N4O/c1-36(2)15-5-8-26-18-27(21-6-4-7-25(33)16-21)28-17-23(11-14-29(28)35-26)31(38,30-19-34-20-37(30)3)22-9-12-24(32)13-10-22/h4-14,16-20,38H,15H2,1-3H3/b8-5+. The molecule has 3 aromatic carbocycles. The number of likely N-dealkylation sites (N-methyl/N-ethyl adjacent to an activating group) is 1. The molecule has 192 valence electrons. The van der Waals surface area contributed by atoms with E-state index in [1.807, 2.05) is 86.4 Å². The molecule has 0 spiro atoms. The number of imidazole rings is 1. The summed E-state index contributed by atoms with van der Waals surface area (Å²) in [6.45, 7) is 0.810. The van der Waals surface area contributed by atoms with Gasteiger partial charge in [-0.25, -0.2) is 9.97 Å². The van der Waals surface area contributed by atoms with Crippen LogP contribution in [0.25, 0.3) is 28.1 Å². The van der Waals surface area contributed by atoms with E-state index in [0.29, 0.717) is 26.9 Å². The first-order chi connectivity index (χ1) is 18.3. The highest BCUT2D eigenvalue weighted by Crippen LogP contribution is 2.40. The van der Waals surface area contributed by atoms with Crippen molar-refractivity contribution in [1.29, 1.82) is 0 Å². The second-order valence-corrected chi connectivity index (χ2v) is 10.5. The van der Waals surface area contributed by atoms with Crippen molar-refractivity contribution in [3.8, 4) is 11.1 Å². The van der Waals surface area contributed by atoms with Gasteiger partial charge in [0.25, 0.3) is 0 Å². The van der Waals surface area contributed by atoms with Gasteiger partial charge in [-0.15, -0.1) is 0 Å². The average molecular weight is 543 g/mol. The largest absolute Gasteiger partial charge is 0.374 e. The lowest BCUT2D eigenvalue weighted by Crippen LogP contribution is -2.31. The summed E-state index contributed by atoms with van der Waals surface area (Å²) in [4.78, 5) is 11.3. The van der Waals surface area contributed by atoms with Crippen molar-refractivity contribution in [2.24, 2.45) is 7.05 Å². The monoisotopic (exact) mass is 542 g/mol. The molecule has 2 aromatic heterocycles. The van der Waals surface area contributed by atoms with Crippen LogP contribution < -0.4 is 0 Å². The Hall–Kier alpha value is -3.48. The second-order valence-electron chi connectivity index (χ2n) is 9.61. The summed E-state index contributed by atoms with van der Waals surface area (Å²) in [6.07, 6.45) is 7.49. The first-order valence-electron chi connectivity index (χ1n) is 12.2. The van der Waals surface area contributed by atoms with Crippen LogP contribution in [-0.2, 0) is 12.6 Å². The molecule has 0 saturated carbocycles. The molecule has 0 aliphatic rings. The highest BCUT2D eigenvalue weighted by molar-refractivity contribution is 6.31. The maximum absolute atomic E-state index is 12.4. The van der Waals surface area contributed by atoms with Gasteiger partial charge in [-0.05, 0) is 84.9 Å². The van der Waals surface area contributed by atoms with Crippen LogP contribution in [0.4, 0.5) is 0 Å². The van der Waals surface area contributed by atoms with E-state index in [0.717, 1.165) is 34.3 Å². The van der Waals surface area contributed by atoms with Crippen LogP contribution in [0, 0.1) is 0 Å². The molecule has 5 rings (SSSR count). The highest BCUT2D eigenvalue weighted by Gasteiger charge is 2.37. The molecule has 2 heterocycles. The van der Waals surface area contributed by atoms with Crippen molar-refractivity contribution in [2.75, 3.05) is 20.6 Å². The van der Waals surface area contributed by atoms with Gasteiger partial charge < -0.3 is 14.6 Å². The zero-order valence-electron chi connectivity index (χ0n) is 21.4. The fraction of sp³-hybridized carbons (Fsp3) is 0.161. The molecule has 0 aliphatic heterocycles. The van der Waals surface area contributed by atoms with Crippen LogP contribution in [0.3, 0.4) is 0 Å². The third kappa shape index (κ3) is 5.11. The number of hydrogen-bond donors (Lipinski definition) is 1. The Balaban J connectivity index is 1.75. The summed E-state index contributed by atoms with van der Waals surface area (Å²) in [7, 11) is 5.93. The fourth-order valence-electron chi connectivity index (χ4n) is 4.70. The molecule has 7 heteroatoms. The molecule has 0 amide bonds. The summed E-state index contributed by atoms with van der Waals surface area (Å²) in [5.74, 6) is 0. The summed E-state index contributed by atoms with van der Waals surface area (Å²) >= 11 is 12.6. The maximum Gasteiger partial charge on any atom is 0.156 e. The number of fused-ring (bicyclic) bond motifs is 1. The van der Waals surface area contributed by atoms with Gasteiger partial charge in [-0.3, -0.25) is 0 Å². The van der Waals surface area contributed by atoms with Crippen molar-refractivity contribution in [1.82, 2.24) is 19.4 Å². The van der Waals surface area contributed by atoms with E-state index in [2.05, 4.69) is 22.0 Å². The van der Waals surface area contributed by atoms with Crippen LogP contribution in [0.5, 0.6) is 0 Å². The third-order valence-corrected chi connectivity index (χ3v) is 7.08. The first-order valence-corrected chi connectivity index (χ1v) is 13.0. The van der Waals surface area contributed by atoms with E-state index in [4.69, 9.17) is 28.2 Å². The van der Waals surface area contributed by atoms with Gasteiger partial charge in [0.05, 0.1) is 29.4 Å². The van der Waals surface area contributed by atoms with Crippen molar-refractivity contribution < 1.29 is 5.11 Å². The number of rotatable bonds is 7. The molecule has 1 atom stereocenters. The Morgan fingerprint density at radius 3 is 2.39 bits per heavy atom. The van der Waals surface area contributed by atoms with Gasteiger partial charge in [-0.1, -0.05) is 59.6 Å². The quantitative estimate of drug-likeness (QED) is 0.245. The Morgan fingerprint density at radius 1 is 0.947 bits per heavy atom. The summed E-state index contributed by atoms with van der Waals surface area (Å²) < 4.78 is 1.83. The molecule has 0 saturated heterocycles. The molecule has 0 aliphatic carbocycles. The molecular weight excluding hydrogens is 515 g/mol. The van der Waals surface area contributed by atoms with Gasteiger partial charge in [0.15, 0.2) is 5.60 Å². The van der Waals surface area contributed by atoms with Gasteiger partial charge >= 0.3 is 0 Å². The Bertz CT molecular complexity index is 1630. The van der Waals surface area contributed by atoms with Gasteiger partial charge in [0.1, 0.15) is 0 Å². The molecule has 5 nitrogen and oxygen atoms in total. The minimum Gasteiger partial charge on any atom is -0.374 e. The third-order valence-electron chi connectivity index (χ3n) is 6.59. The van der Waals surface area contributed by atoms with E-state index < -0.39 is 5.60 Å². The lowest BCUT2D eigenvalue weighted by Gasteiger charge is -2.30. The van der Waals surface area contributed by atoms with Crippen molar-refractivity contribution in [3.05, 3.63) is 124 Å². The van der Waals surface area contributed by atoms with Gasteiger partial charge in [0.2, 0.25) is 0 Å². The second kappa shape index (κ2) is 10.7. The maximum atomic E-state index is 12.4. The molecule has 1 unspecified atom stereocenters. The van der Waals surface area contributed by atoms with E-state index >= 15 is 0 Å². The number of hydrogen-bond acceptors (Lipinski definition) is 4. The van der Waals surface area contributed by atoms with Crippen LogP contribution in [0.2, 0.25) is 10.0 Å². The molecule has 0 radical (unpaired) electrons. The van der Waals surface area contributed by atoms with E-state index in [1.54, 1.807) is 24.7 Å². The number of aryl methyl sites for hydroxylation is 1. The SMILES string of the molecule is CN(C)C/C=C/c1cc(-c2cccc(Cl)c2)c2cc(C(O)(c3ccc(Cl)cc3)c3cncn3C)ccc2n1. The van der Waals surface area contributed by atoms with Crippen LogP contribution in [0.1, 0.15) is 22.5 Å². The molecule has 1 N–H and O–H groups in total. The average Bonchev–Trinajstić information content (AvgIpc) is 3.34. The normalized spacial score (nSPS) is 13.4. The van der Waals surface area contributed by atoms with E-state index in [9.17, 15) is 5.11 Å². The smallest absolute Gasteiger partial charge is 0.156 e. The number of halogens is 2.